The third-order valence-electron chi connectivity index (χ3n) is 2.64. The Kier molecular flexibility index (Phi) is 8.80. The molecule has 0 unspecified atom stereocenters. The summed E-state index contributed by atoms with van der Waals surface area (Å²) in [5.74, 6) is 0.467. The Bertz CT molecular complexity index is 406. The Labute approximate surface area is 124 Å². The van der Waals surface area contributed by atoms with Crippen molar-refractivity contribution < 1.29 is 9.18 Å². The predicted octanol–water partition coefficient (Wildman–Crippen LogP) is 2.29. The second kappa shape index (κ2) is 9.18. The molecule has 0 saturated carbocycles. The molecule has 1 rings (SSSR count). The maximum absolute atomic E-state index is 13.0. The molecule has 0 aliphatic heterocycles. The van der Waals surface area contributed by atoms with Crippen LogP contribution in [0.3, 0.4) is 0 Å². The maximum Gasteiger partial charge on any atom is 0.239 e. The molecule has 0 saturated heterocycles. The van der Waals surface area contributed by atoms with Crippen molar-refractivity contribution in [2.75, 3.05) is 19.1 Å². The lowest BCUT2D eigenvalue weighted by atomic mass is 10.1. The van der Waals surface area contributed by atoms with Crippen molar-refractivity contribution in [3.63, 3.8) is 0 Å². The van der Waals surface area contributed by atoms with Gasteiger partial charge in [-0.1, -0.05) is 12.1 Å². The standard InChI is InChI=1S/C13H19FN2OS.ClH/c1-16(13(17)12(15)6-7-18-2)9-10-4-3-5-11(14)8-10;/h3-5,8,12H,6-7,9,15H2,1-2H3;1H/t12-;/m0./s1. The molecule has 0 spiro atoms. The van der Waals surface area contributed by atoms with Gasteiger partial charge in [0.2, 0.25) is 5.91 Å². The van der Waals surface area contributed by atoms with Gasteiger partial charge in [-0.15, -0.1) is 12.4 Å². The van der Waals surface area contributed by atoms with Crippen LogP contribution in [0.5, 0.6) is 0 Å². The van der Waals surface area contributed by atoms with Crippen LogP contribution >= 0.6 is 24.2 Å². The van der Waals surface area contributed by atoms with Gasteiger partial charge in [-0.25, -0.2) is 4.39 Å². The number of carbonyl (C=O) groups is 1. The molecule has 1 amide bonds. The van der Waals surface area contributed by atoms with Crippen LogP contribution in [0, 0.1) is 5.82 Å². The molecule has 0 fully saturated rings. The second-order valence-corrected chi connectivity index (χ2v) is 5.20. The lowest BCUT2D eigenvalue weighted by molar-refractivity contribution is -0.131. The maximum atomic E-state index is 13.0. The average Bonchev–Trinajstić information content (AvgIpc) is 2.35. The summed E-state index contributed by atoms with van der Waals surface area (Å²) in [7, 11) is 1.69. The van der Waals surface area contributed by atoms with Crippen molar-refractivity contribution in [3.05, 3.63) is 35.6 Å². The first-order chi connectivity index (χ1) is 8.54. The van der Waals surface area contributed by atoms with Gasteiger partial charge in [-0.2, -0.15) is 11.8 Å². The normalized spacial score (nSPS) is 11.6. The molecule has 0 heterocycles. The molecule has 0 aliphatic rings. The highest BCUT2D eigenvalue weighted by Crippen LogP contribution is 2.08. The van der Waals surface area contributed by atoms with Crippen LogP contribution in [-0.4, -0.2) is 35.9 Å². The molecule has 1 atom stereocenters. The molecule has 19 heavy (non-hydrogen) atoms. The molecular weight excluding hydrogens is 287 g/mol. The fourth-order valence-electron chi connectivity index (χ4n) is 1.64. The summed E-state index contributed by atoms with van der Waals surface area (Å²) in [6.45, 7) is 0.379. The molecule has 3 nitrogen and oxygen atoms in total. The molecule has 1 aromatic rings. The van der Waals surface area contributed by atoms with Gasteiger partial charge >= 0.3 is 0 Å². The van der Waals surface area contributed by atoms with Crippen LogP contribution in [0.15, 0.2) is 24.3 Å². The van der Waals surface area contributed by atoms with E-state index < -0.39 is 6.04 Å². The van der Waals surface area contributed by atoms with Gasteiger partial charge in [0.1, 0.15) is 5.82 Å². The number of amides is 1. The van der Waals surface area contributed by atoms with Crippen LogP contribution in [0.1, 0.15) is 12.0 Å². The van der Waals surface area contributed by atoms with E-state index in [0.717, 1.165) is 11.3 Å². The van der Waals surface area contributed by atoms with Crippen LogP contribution in [0.2, 0.25) is 0 Å². The van der Waals surface area contributed by atoms with E-state index in [0.29, 0.717) is 13.0 Å². The summed E-state index contributed by atoms with van der Waals surface area (Å²) in [5, 5.41) is 0. The SMILES string of the molecule is CSCC[C@H](N)C(=O)N(C)Cc1cccc(F)c1.Cl. The van der Waals surface area contributed by atoms with E-state index in [1.54, 1.807) is 35.8 Å². The zero-order valence-corrected chi connectivity index (χ0v) is 12.8. The monoisotopic (exact) mass is 306 g/mol. The van der Waals surface area contributed by atoms with Crippen LogP contribution in [0.4, 0.5) is 4.39 Å². The third-order valence-corrected chi connectivity index (χ3v) is 3.28. The van der Waals surface area contributed by atoms with Gasteiger partial charge in [0.15, 0.2) is 0 Å². The molecule has 0 aromatic heterocycles. The lowest BCUT2D eigenvalue weighted by Crippen LogP contribution is -2.41. The van der Waals surface area contributed by atoms with Gasteiger partial charge < -0.3 is 10.6 Å². The number of hydrogen-bond acceptors (Lipinski definition) is 3. The summed E-state index contributed by atoms with van der Waals surface area (Å²) in [5.41, 5.74) is 6.58. The molecule has 6 heteroatoms. The Morgan fingerprint density at radius 1 is 1.53 bits per heavy atom. The Morgan fingerprint density at radius 2 is 2.21 bits per heavy atom. The number of carbonyl (C=O) groups excluding carboxylic acids is 1. The molecule has 1 aromatic carbocycles. The van der Waals surface area contributed by atoms with E-state index in [1.807, 2.05) is 6.26 Å². The molecule has 0 radical (unpaired) electrons. The summed E-state index contributed by atoms with van der Waals surface area (Å²) in [6, 6.07) is 5.76. The highest BCUT2D eigenvalue weighted by atomic mass is 35.5. The summed E-state index contributed by atoms with van der Waals surface area (Å²) < 4.78 is 13.0. The molecule has 0 aliphatic carbocycles. The lowest BCUT2D eigenvalue weighted by Gasteiger charge is -2.21. The number of nitrogens with zero attached hydrogens (tertiary/aromatic N) is 1. The molecular formula is C13H20ClFN2OS. The number of halogens is 2. The van der Waals surface area contributed by atoms with Crippen molar-refractivity contribution in [2.24, 2.45) is 5.73 Å². The highest BCUT2D eigenvalue weighted by Gasteiger charge is 2.17. The zero-order chi connectivity index (χ0) is 13.5. The Balaban J connectivity index is 0.00000324. The molecule has 0 bridgehead atoms. The summed E-state index contributed by atoms with van der Waals surface area (Å²) in [4.78, 5) is 13.5. The number of benzene rings is 1. The smallest absolute Gasteiger partial charge is 0.239 e. The topological polar surface area (TPSA) is 46.3 Å². The quantitative estimate of drug-likeness (QED) is 0.877. The van der Waals surface area contributed by atoms with Crippen LogP contribution in [0.25, 0.3) is 0 Å². The van der Waals surface area contributed by atoms with E-state index in [9.17, 15) is 9.18 Å². The van der Waals surface area contributed by atoms with Crippen LogP contribution in [-0.2, 0) is 11.3 Å². The molecule has 108 valence electrons. The first-order valence-corrected chi connectivity index (χ1v) is 7.18. The van der Waals surface area contributed by atoms with E-state index in [-0.39, 0.29) is 24.1 Å². The van der Waals surface area contributed by atoms with Gasteiger partial charge in [0.05, 0.1) is 6.04 Å². The number of hydrogen-bond donors (Lipinski definition) is 1. The van der Waals surface area contributed by atoms with Crippen molar-refractivity contribution in [3.8, 4) is 0 Å². The average molecular weight is 307 g/mol. The van der Waals surface area contributed by atoms with Crippen molar-refractivity contribution in [1.29, 1.82) is 0 Å². The number of thioether (sulfide) groups is 1. The van der Waals surface area contributed by atoms with Gasteiger partial charge in [-0.3, -0.25) is 4.79 Å². The van der Waals surface area contributed by atoms with Gasteiger partial charge in [0, 0.05) is 13.6 Å². The van der Waals surface area contributed by atoms with Crippen LogP contribution < -0.4 is 5.73 Å². The van der Waals surface area contributed by atoms with Crippen molar-refractivity contribution in [1.82, 2.24) is 4.90 Å². The fraction of sp³-hybridized carbons (Fsp3) is 0.462. The Hall–Kier alpha value is -0.780. The fourth-order valence-corrected chi connectivity index (χ4v) is 2.13. The highest BCUT2D eigenvalue weighted by molar-refractivity contribution is 7.98. The van der Waals surface area contributed by atoms with Gasteiger partial charge in [-0.05, 0) is 36.1 Å². The number of rotatable bonds is 6. The van der Waals surface area contributed by atoms with E-state index in [4.69, 9.17) is 5.73 Å². The number of nitrogens with two attached hydrogens (primary N) is 1. The predicted molar refractivity (Wildman–Crippen MR) is 81.1 cm³/mol. The van der Waals surface area contributed by atoms with E-state index >= 15 is 0 Å². The molecule has 2 N–H and O–H groups in total. The van der Waals surface area contributed by atoms with E-state index in [2.05, 4.69) is 0 Å². The Morgan fingerprint density at radius 3 is 2.79 bits per heavy atom. The first kappa shape index (κ1) is 18.2. The summed E-state index contributed by atoms with van der Waals surface area (Å²) in [6.07, 6.45) is 2.64. The van der Waals surface area contributed by atoms with E-state index in [1.165, 1.54) is 12.1 Å². The second-order valence-electron chi connectivity index (χ2n) is 4.21. The minimum Gasteiger partial charge on any atom is -0.340 e. The van der Waals surface area contributed by atoms with Gasteiger partial charge in [0.25, 0.3) is 0 Å². The minimum atomic E-state index is -0.476. The van der Waals surface area contributed by atoms with Crippen molar-refractivity contribution >= 4 is 30.1 Å². The third kappa shape index (κ3) is 6.27. The summed E-state index contributed by atoms with van der Waals surface area (Å²) >= 11 is 1.66. The zero-order valence-electron chi connectivity index (χ0n) is 11.1. The van der Waals surface area contributed by atoms with Crippen molar-refractivity contribution in [2.45, 2.75) is 19.0 Å². The first-order valence-electron chi connectivity index (χ1n) is 5.78. The number of likely N-dealkylation sites (N-methyl/N-ethyl adjacent to an activating group) is 1. The minimum absolute atomic E-state index is 0. The largest absolute Gasteiger partial charge is 0.340 e.